The van der Waals surface area contributed by atoms with E-state index in [9.17, 15) is 0 Å². The normalized spacial score (nSPS) is 24.8. The zero-order valence-electron chi connectivity index (χ0n) is 10.7. The van der Waals surface area contributed by atoms with Crippen molar-refractivity contribution in [2.24, 2.45) is 5.92 Å². The molecule has 96 valence electrons. The van der Waals surface area contributed by atoms with E-state index in [2.05, 4.69) is 23.4 Å². The Kier molecular flexibility index (Phi) is 4.80. The van der Waals surface area contributed by atoms with Gasteiger partial charge in [-0.2, -0.15) is 0 Å². The number of rotatable bonds is 5. The minimum absolute atomic E-state index is 0.732. The Morgan fingerprint density at radius 1 is 1.53 bits per heavy atom. The van der Waals surface area contributed by atoms with Crippen LogP contribution in [0, 0.1) is 5.92 Å². The Bertz CT molecular complexity index is 340. The van der Waals surface area contributed by atoms with E-state index in [1.165, 1.54) is 30.6 Å². The Hall–Kier alpha value is -0.610. The average Bonchev–Trinajstić information content (AvgIpc) is 2.78. The lowest BCUT2D eigenvalue weighted by molar-refractivity contribution is 0.211. The molecule has 1 aliphatic carbocycles. The van der Waals surface area contributed by atoms with E-state index in [-0.39, 0.29) is 0 Å². The summed E-state index contributed by atoms with van der Waals surface area (Å²) in [6.07, 6.45) is 7.50. The largest absolute Gasteiger partial charge is 0.383 e. The number of ether oxygens (including phenoxy) is 1. The van der Waals surface area contributed by atoms with Crippen molar-refractivity contribution < 1.29 is 4.74 Å². The molecule has 1 aromatic rings. The molecule has 3 nitrogen and oxygen atoms in total. The Labute approximate surface area is 108 Å². The predicted molar refractivity (Wildman–Crippen MR) is 72.9 cm³/mol. The van der Waals surface area contributed by atoms with Gasteiger partial charge in [-0.15, -0.1) is 11.3 Å². The van der Waals surface area contributed by atoms with Crippen molar-refractivity contribution >= 4 is 16.5 Å². The van der Waals surface area contributed by atoms with Crippen molar-refractivity contribution in [1.29, 1.82) is 0 Å². The third-order valence-corrected chi connectivity index (χ3v) is 4.56. The smallest absolute Gasteiger partial charge is 0.182 e. The summed E-state index contributed by atoms with van der Waals surface area (Å²) in [5, 5.41) is 4.34. The van der Waals surface area contributed by atoms with E-state index >= 15 is 0 Å². The van der Waals surface area contributed by atoms with E-state index < -0.39 is 0 Å². The fraction of sp³-hybridized carbons (Fsp3) is 0.769. The zero-order valence-corrected chi connectivity index (χ0v) is 11.6. The molecule has 1 aromatic heterocycles. The molecule has 0 radical (unpaired) electrons. The van der Waals surface area contributed by atoms with Crippen molar-refractivity contribution in [2.45, 2.75) is 38.5 Å². The van der Waals surface area contributed by atoms with Crippen LogP contribution in [0.5, 0.6) is 0 Å². The predicted octanol–water partition coefficient (Wildman–Crippen LogP) is 3.50. The van der Waals surface area contributed by atoms with Crippen LogP contribution in [-0.2, 0) is 4.74 Å². The van der Waals surface area contributed by atoms with Crippen molar-refractivity contribution in [3.63, 3.8) is 0 Å². The quantitative estimate of drug-likeness (QED) is 0.817. The van der Waals surface area contributed by atoms with Crippen LogP contribution in [0.4, 0.5) is 5.13 Å². The monoisotopic (exact) mass is 254 g/mol. The molecule has 1 heterocycles. The molecule has 0 amide bonds. The molecule has 1 aliphatic rings. The van der Waals surface area contributed by atoms with E-state index in [0.29, 0.717) is 0 Å². The van der Waals surface area contributed by atoms with Crippen LogP contribution in [-0.4, -0.2) is 25.2 Å². The lowest BCUT2D eigenvalue weighted by Crippen LogP contribution is -2.10. The molecule has 0 aliphatic heterocycles. The van der Waals surface area contributed by atoms with Gasteiger partial charge in [-0.1, -0.05) is 19.8 Å². The molecule has 1 saturated carbocycles. The van der Waals surface area contributed by atoms with Crippen molar-refractivity contribution in [2.75, 3.05) is 25.6 Å². The number of hydrogen-bond donors (Lipinski definition) is 1. The summed E-state index contributed by atoms with van der Waals surface area (Å²) >= 11 is 1.81. The van der Waals surface area contributed by atoms with E-state index in [1.54, 1.807) is 7.11 Å². The van der Waals surface area contributed by atoms with Gasteiger partial charge < -0.3 is 10.1 Å². The van der Waals surface area contributed by atoms with Crippen LogP contribution in [0.2, 0.25) is 0 Å². The second-order valence-electron chi connectivity index (χ2n) is 4.96. The number of nitrogens with one attached hydrogen (secondary N) is 1. The first-order valence-corrected chi connectivity index (χ1v) is 7.29. The summed E-state index contributed by atoms with van der Waals surface area (Å²) in [6.45, 7) is 3.94. The van der Waals surface area contributed by atoms with Gasteiger partial charge in [-0.05, 0) is 24.7 Å². The van der Waals surface area contributed by atoms with Gasteiger partial charge in [0.1, 0.15) is 0 Å². The number of aromatic nitrogens is 1. The van der Waals surface area contributed by atoms with E-state index in [4.69, 9.17) is 4.74 Å². The highest BCUT2D eigenvalue weighted by Gasteiger charge is 2.22. The molecule has 2 rings (SSSR count). The molecule has 0 saturated heterocycles. The molecule has 0 bridgehead atoms. The maximum Gasteiger partial charge on any atom is 0.182 e. The molecule has 2 unspecified atom stereocenters. The molecule has 4 heteroatoms. The highest BCUT2D eigenvalue weighted by Crippen LogP contribution is 2.38. The number of thiazole rings is 1. The van der Waals surface area contributed by atoms with Gasteiger partial charge in [-0.3, -0.25) is 0 Å². The SMILES string of the molecule is COCCNc1ncc(C2CCCC(C)C2)s1. The van der Waals surface area contributed by atoms with Crippen LogP contribution < -0.4 is 5.32 Å². The summed E-state index contributed by atoms with van der Waals surface area (Å²) in [5.41, 5.74) is 0. The zero-order chi connectivity index (χ0) is 12.1. The first-order valence-electron chi connectivity index (χ1n) is 6.48. The summed E-state index contributed by atoms with van der Waals surface area (Å²) in [5.74, 6) is 1.62. The van der Waals surface area contributed by atoms with Crippen LogP contribution in [0.25, 0.3) is 0 Å². The molecule has 17 heavy (non-hydrogen) atoms. The highest BCUT2D eigenvalue weighted by atomic mass is 32.1. The van der Waals surface area contributed by atoms with Crippen LogP contribution >= 0.6 is 11.3 Å². The summed E-state index contributed by atoms with van der Waals surface area (Å²) in [7, 11) is 1.72. The lowest BCUT2D eigenvalue weighted by atomic mass is 9.82. The van der Waals surface area contributed by atoms with Gasteiger partial charge in [0.25, 0.3) is 0 Å². The average molecular weight is 254 g/mol. The number of anilines is 1. The number of hydrogen-bond acceptors (Lipinski definition) is 4. The second-order valence-corrected chi connectivity index (χ2v) is 6.02. The molecule has 0 spiro atoms. The first kappa shape index (κ1) is 12.8. The molecular formula is C13H22N2OS. The molecule has 1 fully saturated rings. The molecular weight excluding hydrogens is 232 g/mol. The number of methoxy groups -OCH3 is 1. The fourth-order valence-electron chi connectivity index (χ4n) is 2.51. The third-order valence-electron chi connectivity index (χ3n) is 3.44. The Balaban J connectivity index is 1.88. The fourth-order valence-corrected chi connectivity index (χ4v) is 3.50. The van der Waals surface area contributed by atoms with Crippen molar-refractivity contribution in [3.05, 3.63) is 11.1 Å². The Morgan fingerprint density at radius 2 is 2.41 bits per heavy atom. The van der Waals surface area contributed by atoms with Crippen LogP contribution in [0.1, 0.15) is 43.4 Å². The van der Waals surface area contributed by atoms with Gasteiger partial charge in [0.05, 0.1) is 6.61 Å². The van der Waals surface area contributed by atoms with Gasteiger partial charge in [0, 0.05) is 24.7 Å². The topological polar surface area (TPSA) is 34.1 Å². The lowest BCUT2D eigenvalue weighted by Gasteiger charge is -2.25. The van der Waals surface area contributed by atoms with Crippen LogP contribution in [0.15, 0.2) is 6.20 Å². The summed E-state index contributed by atoms with van der Waals surface area (Å²) < 4.78 is 5.02. The standard InChI is InChI=1S/C13H22N2OS/c1-10-4-3-5-11(8-10)12-9-15-13(17-12)14-6-7-16-2/h9-11H,3-8H2,1-2H3,(H,14,15). The van der Waals surface area contributed by atoms with Crippen molar-refractivity contribution in [1.82, 2.24) is 4.98 Å². The minimum atomic E-state index is 0.732. The summed E-state index contributed by atoms with van der Waals surface area (Å²) in [4.78, 5) is 5.90. The minimum Gasteiger partial charge on any atom is -0.383 e. The van der Waals surface area contributed by atoms with E-state index in [0.717, 1.165) is 30.1 Å². The van der Waals surface area contributed by atoms with Gasteiger partial charge in [0.15, 0.2) is 5.13 Å². The number of nitrogens with zero attached hydrogens (tertiary/aromatic N) is 1. The summed E-state index contributed by atoms with van der Waals surface area (Å²) in [6, 6.07) is 0. The van der Waals surface area contributed by atoms with Gasteiger partial charge in [0.2, 0.25) is 0 Å². The molecule has 2 atom stereocenters. The maximum absolute atomic E-state index is 5.02. The van der Waals surface area contributed by atoms with E-state index in [1.807, 2.05) is 11.3 Å². The van der Waals surface area contributed by atoms with Gasteiger partial charge >= 0.3 is 0 Å². The first-order chi connectivity index (χ1) is 8.29. The third kappa shape index (κ3) is 3.68. The Morgan fingerprint density at radius 3 is 3.18 bits per heavy atom. The highest BCUT2D eigenvalue weighted by molar-refractivity contribution is 7.15. The van der Waals surface area contributed by atoms with Gasteiger partial charge in [-0.25, -0.2) is 4.98 Å². The molecule has 1 N–H and O–H groups in total. The van der Waals surface area contributed by atoms with Crippen LogP contribution in [0.3, 0.4) is 0 Å². The maximum atomic E-state index is 5.02. The second kappa shape index (κ2) is 6.36. The molecule has 0 aromatic carbocycles. The van der Waals surface area contributed by atoms with Crippen molar-refractivity contribution in [3.8, 4) is 0 Å².